The van der Waals surface area contributed by atoms with Crippen molar-refractivity contribution in [2.45, 2.75) is 88.8 Å². The van der Waals surface area contributed by atoms with Gasteiger partial charge in [-0.05, 0) is 69.7 Å². The maximum absolute atomic E-state index is 12.6. The molecule has 4 heterocycles. The highest BCUT2D eigenvalue weighted by atomic mass is 16.6. The summed E-state index contributed by atoms with van der Waals surface area (Å²) in [5, 5.41) is 0. The van der Waals surface area contributed by atoms with Gasteiger partial charge in [-0.15, -0.1) is 0 Å². The maximum atomic E-state index is 12.6. The second-order valence-electron chi connectivity index (χ2n) is 10.3. The first-order valence-corrected chi connectivity index (χ1v) is 12.6. The molecule has 1 spiro atoms. The SMILES string of the molecule is CCCCOC(=O)N1C2CCC1CC(N1CCC3(CC1)CN(C(C)=O)c1ccccc13)C2. The van der Waals surface area contributed by atoms with Gasteiger partial charge in [-0.1, -0.05) is 31.5 Å². The first-order chi connectivity index (χ1) is 15.5. The van der Waals surface area contributed by atoms with Crippen molar-refractivity contribution in [3.05, 3.63) is 29.8 Å². The summed E-state index contributed by atoms with van der Waals surface area (Å²) < 4.78 is 5.55. The van der Waals surface area contributed by atoms with Crippen LogP contribution in [0.3, 0.4) is 0 Å². The molecule has 5 rings (SSSR count). The molecular weight excluding hydrogens is 402 g/mol. The Morgan fingerprint density at radius 2 is 1.75 bits per heavy atom. The predicted molar refractivity (Wildman–Crippen MR) is 125 cm³/mol. The molecule has 0 radical (unpaired) electrons. The monoisotopic (exact) mass is 439 g/mol. The van der Waals surface area contributed by atoms with Gasteiger partial charge in [0.25, 0.3) is 0 Å². The van der Waals surface area contributed by atoms with E-state index < -0.39 is 0 Å². The number of hydrogen-bond donors (Lipinski definition) is 0. The van der Waals surface area contributed by atoms with Gasteiger partial charge in [0.05, 0.1) is 6.61 Å². The van der Waals surface area contributed by atoms with E-state index in [0.717, 1.165) is 76.7 Å². The van der Waals surface area contributed by atoms with Crippen LogP contribution in [0.15, 0.2) is 24.3 Å². The maximum Gasteiger partial charge on any atom is 0.410 e. The van der Waals surface area contributed by atoms with Crippen LogP contribution in [0.1, 0.15) is 70.8 Å². The van der Waals surface area contributed by atoms with Gasteiger partial charge in [-0.3, -0.25) is 4.79 Å². The smallest absolute Gasteiger partial charge is 0.410 e. The molecule has 32 heavy (non-hydrogen) atoms. The van der Waals surface area contributed by atoms with Crippen molar-refractivity contribution in [2.75, 3.05) is 31.1 Å². The zero-order valence-corrected chi connectivity index (χ0v) is 19.6. The van der Waals surface area contributed by atoms with Gasteiger partial charge in [0.1, 0.15) is 0 Å². The molecule has 3 fully saturated rings. The Balaban J connectivity index is 1.22. The van der Waals surface area contributed by atoms with Crippen molar-refractivity contribution < 1.29 is 14.3 Å². The highest BCUT2D eigenvalue weighted by Gasteiger charge is 2.49. The van der Waals surface area contributed by atoms with Crippen LogP contribution in [0, 0.1) is 0 Å². The number of nitrogens with zero attached hydrogens (tertiary/aromatic N) is 3. The molecule has 0 aliphatic carbocycles. The van der Waals surface area contributed by atoms with E-state index in [0.29, 0.717) is 24.7 Å². The molecule has 4 aliphatic rings. The molecule has 4 aliphatic heterocycles. The van der Waals surface area contributed by atoms with E-state index in [1.165, 1.54) is 5.56 Å². The first-order valence-electron chi connectivity index (χ1n) is 12.6. The Labute approximate surface area is 191 Å². The van der Waals surface area contributed by atoms with Crippen LogP contribution in [0.5, 0.6) is 0 Å². The quantitative estimate of drug-likeness (QED) is 0.656. The normalized spacial score (nSPS) is 28.8. The first kappa shape index (κ1) is 21.7. The molecule has 2 amide bonds. The topological polar surface area (TPSA) is 53.1 Å². The molecule has 3 saturated heterocycles. The summed E-state index contributed by atoms with van der Waals surface area (Å²) in [6.07, 6.45) is 8.47. The molecule has 0 aromatic heterocycles. The third-order valence-corrected chi connectivity index (χ3v) is 8.52. The van der Waals surface area contributed by atoms with Crippen molar-refractivity contribution in [3.63, 3.8) is 0 Å². The molecule has 1 aromatic rings. The van der Waals surface area contributed by atoms with Crippen LogP contribution >= 0.6 is 0 Å². The summed E-state index contributed by atoms with van der Waals surface area (Å²) in [5.41, 5.74) is 2.57. The summed E-state index contributed by atoms with van der Waals surface area (Å²) in [7, 11) is 0. The minimum atomic E-state index is -0.0890. The predicted octanol–water partition coefficient (Wildman–Crippen LogP) is 4.32. The standard InChI is InChI=1S/C26H37N3O3/c1-3-4-15-32-25(31)29-20-9-10-21(29)17-22(16-20)27-13-11-26(12-14-27)18-28(19(2)30)24-8-6-5-7-23(24)26/h5-8,20-22H,3-4,9-18H2,1-2H3. The van der Waals surface area contributed by atoms with Crippen LogP contribution in [0.4, 0.5) is 10.5 Å². The molecule has 0 N–H and O–H groups in total. The van der Waals surface area contributed by atoms with E-state index >= 15 is 0 Å². The van der Waals surface area contributed by atoms with E-state index in [9.17, 15) is 9.59 Å². The number of hydrogen-bond acceptors (Lipinski definition) is 4. The van der Waals surface area contributed by atoms with Crippen LogP contribution in [-0.2, 0) is 14.9 Å². The van der Waals surface area contributed by atoms with Crippen molar-refractivity contribution in [2.24, 2.45) is 0 Å². The zero-order chi connectivity index (χ0) is 22.3. The number of ether oxygens (including phenoxy) is 1. The summed E-state index contributed by atoms with van der Waals surface area (Å²) in [4.78, 5) is 31.6. The van der Waals surface area contributed by atoms with Gasteiger partial charge in [0.2, 0.25) is 5.91 Å². The Morgan fingerprint density at radius 3 is 2.41 bits per heavy atom. The van der Waals surface area contributed by atoms with E-state index in [1.807, 2.05) is 11.0 Å². The number of unbranched alkanes of at least 4 members (excludes halogenated alkanes) is 1. The summed E-state index contributed by atoms with van der Waals surface area (Å²) in [5.74, 6) is 0.145. The summed E-state index contributed by atoms with van der Waals surface area (Å²) in [6, 6.07) is 9.73. The number of anilines is 1. The molecule has 6 heteroatoms. The molecular formula is C26H37N3O3. The number of rotatable bonds is 4. The average molecular weight is 440 g/mol. The second kappa shape index (κ2) is 8.69. The Bertz CT molecular complexity index is 850. The Morgan fingerprint density at radius 1 is 1.06 bits per heavy atom. The highest BCUT2D eigenvalue weighted by molar-refractivity contribution is 5.94. The van der Waals surface area contributed by atoms with Crippen molar-refractivity contribution in [3.8, 4) is 0 Å². The number of para-hydroxylation sites is 1. The summed E-state index contributed by atoms with van der Waals surface area (Å²) >= 11 is 0. The lowest BCUT2D eigenvalue weighted by Crippen LogP contribution is -2.55. The fraction of sp³-hybridized carbons (Fsp3) is 0.692. The lowest BCUT2D eigenvalue weighted by atomic mass is 9.73. The minimum Gasteiger partial charge on any atom is -0.449 e. The van der Waals surface area contributed by atoms with E-state index in [-0.39, 0.29) is 17.4 Å². The van der Waals surface area contributed by atoms with Gasteiger partial charge in [-0.2, -0.15) is 0 Å². The van der Waals surface area contributed by atoms with E-state index in [1.54, 1.807) is 6.92 Å². The van der Waals surface area contributed by atoms with Gasteiger partial charge in [0.15, 0.2) is 0 Å². The molecule has 2 bridgehead atoms. The number of carbonyl (C=O) groups excluding carboxylic acids is 2. The average Bonchev–Trinajstić information content (AvgIpc) is 3.26. The molecule has 0 saturated carbocycles. The number of carbonyl (C=O) groups is 2. The number of benzene rings is 1. The largest absolute Gasteiger partial charge is 0.449 e. The Hall–Kier alpha value is -2.08. The van der Waals surface area contributed by atoms with Crippen molar-refractivity contribution >= 4 is 17.7 Å². The number of fused-ring (bicyclic) bond motifs is 4. The lowest BCUT2D eigenvalue weighted by Gasteiger charge is -2.47. The second-order valence-corrected chi connectivity index (χ2v) is 10.3. The molecule has 1 aromatic carbocycles. The highest BCUT2D eigenvalue weighted by Crippen LogP contribution is 2.48. The van der Waals surface area contributed by atoms with Gasteiger partial charge < -0.3 is 19.4 Å². The third-order valence-electron chi connectivity index (χ3n) is 8.52. The van der Waals surface area contributed by atoms with Crippen LogP contribution in [0.2, 0.25) is 0 Å². The molecule has 2 unspecified atom stereocenters. The van der Waals surface area contributed by atoms with Crippen molar-refractivity contribution in [1.29, 1.82) is 0 Å². The summed E-state index contributed by atoms with van der Waals surface area (Å²) in [6.45, 7) is 7.32. The van der Waals surface area contributed by atoms with E-state index in [2.05, 4.69) is 34.9 Å². The number of likely N-dealkylation sites (tertiary alicyclic amines) is 1. The van der Waals surface area contributed by atoms with E-state index in [4.69, 9.17) is 4.74 Å². The third kappa shape index (κ3) is 3.70. The van der Waals surface area contributed by atoms with Crippen molar-refractivity contribution in [1.82, 2.24) is 9.80 Å². The fourth-order valence-corrected chi connectivity index (χ4v) is 6.78. The lowest BCUT2D eigenvalue weighted by molar-refractivity contribution is -0.116. The molecule has 174 valence electrons. The molecule has 2 atom stereocenters. The number of piperidine rings is 2. The number of amides is 2. The van der Waals surface area contributed by atoms with Gasteiger partial charge in [-0.25, -0.2) is 4.79 Å². The van der Waals surface area contributed by atoms with Gasteiger partial charge >= 0.3 is 6.09 Å². The van der Waals surface area contributed by atoms with Crippen LogP contribution in [0.25, 0.3) is 0 Å². The zero-order valence-electron chi connectivity index (χ0n) is 19.6. The Kier molecular flexibility index (Phi) is 5.91. The van der Waals surface area contributed by atoms with Gasteiger partial charge in [0, 0.05) is 42.7 Å². The van der Waals surface area contributed by atoms with Crippen LogP contribution in [-0.4, -0.2) is 66.2 Å². The molecule has 6 nitrogen and oxygen atoms in total. The minimum absolute atomic E-state index is 0.0890. The fourth-order valence-electron chi connectivity index (χ4n) is 6.78. The van der Waals surface area contributed by atoms with Crippen LogP contribution < -0.4 is 4.90 Å².